The lowest BCUT2D eigenvalue weighted by Gasteiger charge is -2.31. The van der Waals surface area contributed by atoms with Crippen molar-refractivity contribution in [3.8, 4) is 0 Å². The van der Waals surface area contributed by atoms with Crippen LogP contribution in [0.2, 0.25) is 0 Å². The first kappa shape index (κ1) is 13.2. The predicted molar refractivity (Wildman–Crippen MR) is 86.3 cm³/mol. The summed E-state index contributed by atoms with van der Waals surface area (Å²) in [6.45, 7) is 1.93. The van der Waals surface area contributed by atoms with Gasteiger partial charge in [0, 0.05) is 21.6 Å². The number of aryl methyl sites for hydroxylation is 1. The second-order valence-electron chi connectivity index (χ2n) is 5.27. The topological polar surface area (TPSA) is 43.7 Å². The Hall–Kier alpha value is -1.78. The molecule has 2 aromatic rings. The standard InChI is InChI=1S/C16H18BNO2.2H2/c19-17(20)15-9-7-13(8-10-15)12-18-11-3-5-14-4-1-2-6-16(14)18;;/h1-2,4,6-10,19-20H,3,5,11-12H2;2*1H. The summed E-state index contributed by atoms with van der Waals surface area (Å²) in [7, 11) is -1.39. The number of anilines is 1. The zero-order valence-electron chi connectivity index (χ0n) is 11.4. The quantitative estimate of drug-likeness (QED) is 0.837. The molecule has 0 unspecified atom stereocenters. The minimum Gasteiger partial charge on any atom is -0.423 e. The number of nitrogens with zero attached hydrogens (tertiary/aromatic N) is 1. The molecule has 0 spiro atoms. The van der Waals surface area contributed by atoms with Crippen molar-refractivity contribution in [2.24, 2.45) is 0 Å². The molecule has 2 aromatic carbocycles. The fourth-order valence-electron chi connectivity index (χ4n) is 2.79. The Kier molecular flexibility index (Phi) is 3.76. The van der Waals surface area contributed by atoms with Crippen LogP contribution in [0.25, 0.3) is 0 Å². The van der Waals surface area contributed by atoms with Crippen LogP contribution < -0.4 is 10.4 Å². The van der Waals surface area contributed by atoms with Crippen LogP contribution in [0.5, 0.6) is 0 Å². The van der Waals surface area contributed by atoms with Gasteiger partial charge < -0.3 is 14.9 Å². The molecule has 0 aromatic heterocycles. The highest BCUT2D eigenvalue weighted by atomic mass is 16.4. The van der Waals surface area contributed by atoms with Crippen LogP contribution in [0.3, 0.4) is 0 Å². The zero-order valence-corrected chi connectivity index (χ0v) is 11.4. The van der Waals surface area contributed by atoms with Crippen molar-refractivity contribution in [1.82, 2.24) is 0 Å². The lowest BCUT2D eigenvalue weighted by atomic mass is 9.80. The third-order valence-electron chi connectivity index (χ3n) is 3.86. The van der Waals surface area contributed by atoms with Gasteiger partial charge in [-0.05, 0) is 35.5 Å². The first-order chi connectivity index (χ1) is 9.74. The van der Waals surface area contributed by atoms with Gasteiger partial charge in [-0.1, -0.05) is 42.5 Å². The third kappa shape index (κ3) is 2.71. The van der Waals surface area contributed by atoms with Crippen LogP contribution in [-0.4, -0.2) is 23.7 Å². The zero-order chi connectivity index (χ0) is 13.9. The van der Waals surface area contributed by atoms with E-state index in [0.717, 1.165) is 19.5 Å². The number of benzene rings is 2. The maximum atomic E-state index is 9.11. The summed E-state index contributed by atoms with van der Waals surface area (Å²) >= 11 is 0. The third-order valence-corrected chi connectivity index (χ3v) is 3.86. The van der Waals surface area contributed by atoms with Gasteiger partial charge in [0.05, 0.1) is 0 Å². The van der Waals surface area contributed by atoms with Crippen LogP contribution in [0.1, 0.15) is 20.4 Å². The number of rotatable bonds is 3. The normalized spacial score (nSPS) is 14.0. The van der Waals surface area contributed by atoms with Crippen molar-refractivity contribution < 1.29 is 12.9 Å². The van der Waals surface area contributed by atoms with Crippen LogP contribution in [0.4, 0.5) is 5.69 Å². The van der Waals surface area contributed by atoms with Crippen LogP contribution >= 0.6 is 0 Å². The van der Waals surface area contributed by atoms with Gasteiger partial charge >= 0.3 is 7.12 Å². The van der Waals surface area contributed by atoms with Gasteiger partial charge in [0.1, 0.15) is 0 Å². The molecule has 0 radical (unpaired) electrons. The second kappa shape index (κ2) is 5.69. The van der Waals surface area contributed by atoms with E-state index < -0.39 is 7.12 Å². The van der Waals surface area contributed by atoms with Gasteiger partial charge in [0.2, 0.25) is 0 Å². The van der Waals surface area contributed by atoms with E-state index in [0.29, 0.717) is 5.46 Å². The van der Waals surface area contributed by atoms with Crippen molar-refractivity contribution in [3.05, 3.63) is 59.7 Å². The van der Waals surface area contributed by atoms with Gasteiger partial charge in [-0.3, -0.25) is 0 Å². The lowest BCUT2D eigenvalue weighted by molar-refractivity contribution is 0.426. The molecule has 0 bridgehead atoms. The number of hydrogen-bond acceptors (Lipinski definition) is 3. The monoisotopic (exact) mass is 271 g/mol. The molecular weight excluding hydrogens is 249 g/mol. The number of fused-ring (bicyclic) bond motifs is 1. The highest BCUT2D eigenvalue weighted by molar-refractivity contribution is 6.58. The fourth-order valence-corrected chi connectivity index (χ4v) is 2.79. The highest BCUT2D eigenvalue weighted by Gasteiger charge is 2.16. The van der Waals surface area contributed by atoms with Gasteiger partial charge in [-0.15, -0.1) is 0 Å². The predicted octanol–water partition coefficient (Wildman–Crippen LogP) is 1.81. The molecule has 4 heteroatoms. The molecule has 1 aliphatic rings. The molecule has 2 N–H and O–H groups in total. The van der Waals surface area contributed by atoms with E-state index in [4.69, 9.17) is 10.0 Å². The van der Waals surface area contributed by atoms with E-state index in [1.54, 1.807) is 12.1 Å². The largest absolute Gasteiger partial charge is 0.488 e. The molecular formula is C16H22BNO2. The van der Waals surface area contributed by atoms with Gasteiger partial charge in [-0.2, -0.15) is 0 Å². The second-order valence-corrected chi connectivity index (χ2v) is 5.27. The fraction of sp³-hybridized carbons (Fsp3) is 0.250. The minimum atomic E-state index is -1.39. The molecule has 0 fully saturated rings. The maximum Gasteiger partial charge on any atom is 0.488 e. The lowest BCUT2D eigenvalue weighted by Crippen LogP contribution is -2.31. The van der Waals surface area contributed by atoms with Gasteiger partial charge in [-0.25, -0.2) is 0 Å². The van der Waals surface area contributed by atoms with Crippen LogP contribution in [0, 0.1) is 0 Å². The summed E-state index contributed by atoms with van der Waals surface area (Å²) in [5.41, 5.74) is 4.46. The number of para-hydroxylation sites is 1. The van der Waals surface area contributed by atoms with Crippen molar-refractivity contribution in [1.29, 1.82) is 0 Å². The molecule has 0 atom stereocenters. The van der Waals surface area contributed by atoms with E-state index in [1.807, 2.05) is 12.1 Å². The van der Waals surface area contributed by atoms with E-state index in [1.165, 1.54) is 23.2 Å². The Morgan fingerprint density at radius 3 is 2.55 bits per heavy atom. The Balaban J connectivity index is 0.00000121. The summed E-state index contributed by atoms with van der Waals surface area (Å²) < 4.78 is 0. The summed E-state index contributed by atoms with van der Waals surface area (Å²) in [6, 6.07) is 16.0. The van der Waals surface area contributed by atoms with E-state index in [-0.39, 0.29) is 2.85 Å². The van der Waals surface area contributed by atoms with Crippen molar-refractivity contribution in [2.75, 3.05) is 11.4 Å². The Morgan fingerprint density at radius 2 is 1.80 bits per heavy atom. The van der Waals surface area contributed by atoms with E-state index in [2.05, 4.69) is 29.2 Å². The molecule has 1 heterocycles. The molecule has 0 aliphatic carbocycles. The molecule has 0 saturated carbocycles. The van der Waals surface area contributed by atoms with Crippen molar-refractivity contribution >= 4 is 18.3 Å². The van der Waals surface area contributed by atoms with Crippen LogP contribution in [-0.2, 0) is 13.0 Å². The summed E-state index contributed by atoms with van der Waals surface area (Å²) in [6.07, 6.45) is 2.34. The SMILES string of the molecule is OB(O)c1ccc(CN2CCCc3ccccc32)cc1.[HH].[HH]. The van der Waals surface area contributed by atoms with E-state index in [9.17, 15) is 0 Å². The highest BCUT2D eigenvalue weighted by Crippen LogP contribution is 2.27. The van der Waals surface area contributed by atoms with Gasteiger partial charge in [0.25, 0.3) is 0 Å². The number of hydrogen-bond donors (Lipinski definition) is 2. The molecule has 3 nitrogen and oxygen atoms in total. The minimum absolute atomic E-state index is 0. The average molecular weight is 271 g/mol. The first-order valence-corrected chi connectivity index (χ1v) is 7.02. The smallest absolute Gasteiger partial charge is 0.423 e. The average Bonchev–Trinajstić information content (AvgIpc) is 2.48. The summed E-state index contributed by atoms with van der Waals surface area (Å²) in [5, 5.41) is 18.2. The van der Waals surface area contributed by atoms with Crippen LogP contribution in [0.15, 0.2) is 48.5 Å². The molecule has 1 aliphatic heterocycles. The molecule has 20 heavy (non-hydrogen) atoms. The Morgan fingerprint density at radius 1 is 1.05 bits per heavy atom. The molecule has 3 rings (SSSR count). The van der Waals surface area contributed by atoms with E-state index >= 15 is 0 Å². The summed E-state index contributed by atoms with van der Waals surface area (Å²) in [5.74, 6) is 0. The Bertz CT molecular complexity index is 593. The Labute approximate surface area is 122 Å². The van der Waals surface area contributed by atoms with Crippen molar-refractivity contribution in [2.45, 2.75) is 19.4 Å². The molecule has 0 saturated heterocycles. The van der Waals surface area contributed by atoms with Gasteiger partial charge in [0.15, 0.2) is 0 Å². The molecule has 0 amide bonds. The first-order valence-electron chi connectivity index (χ1n) is 7.02. The molecule has 106 valence electrons. The summed E-state index contributed by atoms with van der Waals surface area (Å²) in [4.78, 5) is 2.39. The maximum absolute atomic E-state index is 9.11. The van der Waals surface area contributed by atoms with Crippen molar-refractivity contribution in [3.63, 3.8) is 0 Å².